The molecule has 6 aromatic rings. The van der Waals surface area contributed by atoms with E-state index >= 15 is 4.39 Å². The second-order valence-electron chi connectivity index (χ2n) is 20.0. The molecule has 2 aliphatic rings. The van der Waals surface area contributed by atoms with E-state index < -0.39 is 36.3 Å². The molecule has 0 atom stereocenters. The molecule has 4 amide bonds. The number of amides is 4. The van der Waals surface area contributed by atoms with Crippen molar-refractivity contribution in [3.63, 3.8) is 0 Å². The molecule has 0 radical (unpaired) electrons. The van der Waals surface area contributed by atoms with Crippen LogP contribution >= 0.6 is 15.9 Å². The number of nitrogens with one attached hydrogen (secondary N) is 2. The van der Waals surface area contributed by atoms with E-state index in [2.05, 4.69) is 99.6 Å². The quantitative estimate of drug-likeness (QED) is 0.0462. The van der Waals surface area contributed by atoms with E-state index in [0.717, 1.165) is 64.4 Å². The molecule has 0 saturated carbocycles. The smallest absolute Gasteiger partial charge is 0.322 e. The fourth-order valence-corrected chi connectivity index (χ4v) is 9.12. The maximum atomic E-state index is 15.1. The van der Waals surface area contributed by atoms with Gasteiger partial charge in [-0.05, 0) is 142 Å². The summed E-state index contributed by atoms with van der Waals surface area (Å²) in [5, 5.41) is 19.9. The van der Waals surface area contributed by atoms with Crippen LogP contribution in [0.25, 0.3) is 22.9 Å². The van der Waals surface area contributed by atoms with Gasteiger partial charge in [0, 0.05) is 84.8 Å². The lowest BCUT2D eigenvalue weighted by Gasteiger charge is -2.35. The Labute approximate surface area is 478 Å². The van der Waals surface area contributed by atoms with Crippen molar-refractivity contribution in [1.29, 1.82) is 0 Å². The Balaban J connectivity index is 0.000000223. The van der Waals surface area contributed by atoms with Crippen LogP contribution in [0.4, 0.5) is 47.3 Å². The van der Waals surface area contributed by atoms with Crippen LogP contribution in [0.1, 0.15) is 67.9 Å². The first-order valence-electron chi connectivity index (χ1n) is 27.1. The molecule has 0 spiro atoms. The Kier molecular flexibility index (Phi) is 26.3. The molecule has 4 aromatic carbocycles. The predicted molar refractivity (Wildman–Crippen MR) is 305 cm³/mol. The molecule has 0 bridgehead atoms. The number of alkyl halides is 5. The summed E-state index contributed by atoms with van der Waals surface area (Å²) in [6, 6.07) is 25.3. The second kappa shape index (κ2) is 33.5. The van der Waals surface area contributed by atoms with Gasteiger partial charge in [0.1, 0.15) is 11.6 Å². The summed E-state index contributed by atoms with van der Waals surface area (Å²) >= 11 is 3.24. The number of halogens is 7. The normalized spacial score (nSPS) is 14.2. The largest absolute Gasteiger partial charge is 0.415 e. The van der Waals surface area contributed by atoms with Gasteiger partial charge < -0.3 is 39.1 Å². The van der Waals surface area contributed by atoms with E-state index in [1.165, 1.54) is 85.9 Å². The molecule has 2 N–H and O–H groups in total. The maximum Gasteiger partial charge on any atom is 0.322 e. The first-order chi connectivity index (χ1) is 39.1. The number of piperazine rings is 1. The number of aromatic nitrogens is 4. The van der Waals surface area contributed by atoms with Gasteiger partial charge in [0.2, 0.25) is 11.8 Å². The molecule has 2 aliphatic heterocycles. The highest BCUT2D eigenvalue weighted by Gasteiger charge is 2.24. The van der Waals surface area contributed by atoms with Crippen molar-refractivity contribution in [1.82, 2.24) is 55.5 Å². The minimum absolute atomic E-state index is 0.0281. The zero-order chi connectivity index (χ0) is 58.1. The summed E-state index contributed by atoms with van der Waals surface area (Å²) in [6.07, 6.45) is 0.947. The van der Waals surface area contributed by atoms with Gasteiger partial charge >= 0.3 is 24.9 Å². The Morgan fingerprint density at radius 3 is 1.35 bits per heavy atom. The predicted octanol–water partition coefficient (Wildman–Crippen LogP) is 10.4. The highest BCUT2D eigenvalue weighted by molar-refractivity contribution is 9.09. The summed E-state index contributed by atoms with van der Waals surface area (Å²) in [5.74, 6) is -3.31. The third-order valence-electron chi connectivity index (χ3n) is 13.3. The van der Waals surface area contributed by atoms with Gasteiger partial charge in [-0.3, -0.25) is 14.7 Å². The van der Waals surface area contributed by atoms with Crippen LogP contribution in [-0.2, 0) is 13.1 Å². The lowest BCUT2D eigenvalue weighted by atomic mass is 10.1. The lowest BCUT2D eigenvalue weighted by molar-refractivity contribution is 0.115. The molecule has 2 aromatic heterocycles. The van der Waals surface area contributed by atoms with Gasteiger partial charge in [-0.2, -0.15) is 17.6 Å². The molecule has 8 rings (SSSR count). The summed E-state index contributed by atoms with van der Waals surface area (Å²) in [6.45, 7) is 12.9. The van der Waals surface area contributed by atoms with Crippen molar-refractivity contribution in [3.8, 4) is 22.9 Å². The molecular formula is C57H74BrF6N13O4. The van der Waals surface area contributed by atoms with Crippen LogP contribution < -0.4 is 20.4 Å². The molecular weight excluding hydrogens is 1120 g/mol. The first-order valence-corrected chi connectivity index (χ1v) is 28.2. The van der Waals surface area contributed by atoms with Gasteiger partial charge in [-0.1, -0.05) is 70.9 Å². The van der Waals surface area contributed by atoms with Crippen LogP contribution in [0.2, 0.25) is 0 Å². The summed E-state index contributed by atoms with van der Waals surface area (Å²) < 4.78 is 90.3. The Morgan fingerprint density at radius 1 is 0.556 bits per heavy atom. The first kappa shape index (κ1) is 63.7. The number of hydrogen-bond donors (Lipinski definition) is 2. The topological polar surface area (TPSA) is 159 Å². The van der Waals surface area contributed by atoms with Crippen LogP contribution in [0.5, 0.6) is 0 Å². The van der Waals surface area contributed by atoms with Crippen molar-refractivity contribution in [3.05, 3.63) is 132 Å². The molecule has 2 saturated heterocycles. The molecule has 17 nitrogen and oxygen atoms in total. The zero-order valence-electron chi connectivity index (χ0n) is 46.4. The van der Waals surface area contributed by atoms with E-state index in [-0.39, 0.29) is 59.2 Å². The van der Waals surface area contributed by atoms with E-state index in [1.807, 2.05) is 24.3 Å². The van der Waals surface area contributed by atoms with Crippen molar-refractivity contribution < 1.29 is 44.8 Å². The third-order valence-corrected chi connectivity index (χ3v) is 13.7. The fraction of sp³-hybridized carbons (Fsp3) is 0.474. The number of benzene rings is 4. The number of anilines is 2. The number of nitrogens with zero attached hydrogens (tertiary/aromatic N) is 11. The highest BCUT2D eigenvalue weighted by Crippen LogP contribution is 2.28. The summed E-state index contributed by atoms with van der Waals surface area (Å²) in [7, 11) is 8.47. The summed E-state index contributed by atoms with van der Waals surface area (Å²) in [5.41, 5.74) is 2.05. The lowest BCUT2D eigenvalue weighted by Crippen LogP contribution is -2.49. The van der Waals surface area contributed by atoms with Gasteiger partial charge in [0.25, 0.3) is 11.8 Å². The van der Waals surface area contributed by atoms with E-state index in [4.69, 9.17) is 8.83 Å². The van der Waals surface area contributed by atoms with Crippen molar-refractivity contribution in [2.75, 3.05) is 128 Å². The average molecular weight is 1200 g/mol. The number of carbonyl (C=O) groups is 2. The molecule has 4 heterocycles. The van der Waals surface area contributed by atoms with Crippen molar-refractivity contribution in [2.24, 2.45) is 0 Å². The van der Waals surface area contributed by atoms with Gasteiger partial charge in [0.15, 0.2) is 0 Å². The fourth-order valence-electron chi connectivity index (χ4n) is 8.92. The second-order valence-corrected chi connectivity index (χ2v) is 20.8. The number of likely N-dealkylation sites (tertiary alicyclic amines) is 1. The molecule has 24 heteroatoms. The van der Waals surface area contributed by atoms with Crippen LogP contribution in [0.3, 0.4) is 0 Å². The minimum atomic E-state index is -2.91. The summed E-state index contributed by atoms with van der Waals surface area (Å²) in [4.78, 5) is 40.5. The Bertz CT molecular complexity index is 2790. The highest BCUT2D eigenvalue weighted by atomic mass is 79.9. The number of piperidine rings is 1. The van der Waals surface area contributed by atoms with Crippen molar-refractivity contribution >= 4 is 39.4 Å². The van der Waals surface area contributed by atoms with E-state index in [9.17, 15) is 31.5 Å². The molecule has 0 aliphatic carbocycles. The van der Waals surface area contributed by atoms with Crippen molar-refractivity contribution in [2.45, 2.75) is 58.0 Å². The number of carbonyl (C=O) groups excluding carboxylic acids is 2. The maximum absolute atomic E-state index is 15.1. The Morgan fingerprint density at radius 2 is 0.963 bits per heavy atom. The monoisotopic (exact) mass is 1200 g/mol. The van der Waals surface area contributed by atoms with Crippen LogP contribution in [-0.4, -0.2) is 176 Å². The number of para-hydroxylation sites is 2. The number of hydrogen-bond acceptors (Lipinski definition) is 13. The van der Waals surface area contributed by atoms with Gasteiger partial charge in [0.05, 0.1) is 13.1 Å². The van der Waals surface area contributed by atoms with Crippen LogP contribution in [0.15, 0.2) is 106 Å². The van der Waals surface area contributed by atoms with E-state index in [1.54, 1.807) is 36.4 Å². The minimum Gasteiger partial charge on any atom is -0.415 e. The Hall–Kier alpha value is -6.44. The van der Waals surface area contributed by atoms with Crippen LogP contribution in [0, 0.1) is 11.6 Å². The van der Waals surface area contributed by atoms with Gasteiger partial charge in [-0.15, -0.1) is 20.4 Å². The van der Waals surface area contributed by atoms with E-state index in [0.29, 0.717) is 29.8 Å². The zero-order valence-corrected chi connectivity index (χ0v) is 48.0. The van der Waals surface area contributed by atoms with Gasteiger partial charge in [-0.25, -0.2) is 18.4 Å². The standard InChI is InChI=1S/C28H36F3N7O2.C19H16BrF3N4O2.C10H22N2/c1-35(2)12-6-13-36-15-17-37(18-16-36)14-11-32-28(39)38(23-7-4-3-5-8-23)20-22-10-9-21(19-24(22)29)26-33-34-27(40-26)25(30)31;20-8-9-24-19(28)27(14-4-2-1-3-5-14)11-13-7-6-12(10-15(13)21)17-25-26-18(29-17)16(22)23;1-11(2)7-6-10-12-8-4-3-5-9-12/h3-5,7-10,19,25H,6,11-18,20H2,1-2H3,(H,32,39);1-7,10,16H,8-9,11H2,(H,24,28);3-10H2,1-2H3. The third kappa shape index (κ3) is 21.1. The molecule has 0 unspecified atom stereocenters. The SMILES string of the molecule is CN(C)CCCN1CCCCC1.CN(C)CCCN1CCN(CCNC(=O)N(Cc2ccc(-c3nnc(C(F)F)o3)cc2F)c2ccccc2)CC1.O=C(NCCBr)N(Cc1ccc(-c2nnc(C(F)F)o2)cc1F)c1ccccc1. The molecule has 440 valence electrons. The molecule has 2 fully saturated rings. The molecule has 81 heavy (non-hydrogen) atoms. The number of rotatable bonds is 23. The average Bonchev–Trinajstić information content (AvgIpc) is 4.18. The number of urea groups is 2.